The van der Waals surface area contributed by atoms with E-state index in [4.69, 9.17) is 9.47 Å². The zero-order valence-electron chi connectivity index (χ0n) is 14.5. The monoisotopic (exact) mass is 313 g/mol. The Morgan fingerprint density at radius 3 is 2.18 bits per heavy atom. The fourth-order valence-electron chi connectivity index (χ4n) is 2.77. The van der Waals surface area contributed by atoms with E-state index in [2.05, 4.69) is 11.8 Å². The van der Waals surface area contributed by atoms with Crippen LogP contribution in [0.2, 0.25) is 0 Å². The number of carbonyl (C=O) groups excluding carboxylic acids is 1. The van der Waals surface area contributed by atoms with Crippen LogP contribution in [0.25, 0.3) is 0 Å². The van der Waals surface area contributed by atoms with Gasteiger partial charge >= 0.3 is 5.97 Å². The Balaban J connectivity index is 1.81. The Morgan fingerprint density at radius 2 is 1.55 bits per heavy atom. The van der Waals surface area contributed by atoms with Gasteiger partial charge in [0.2, 0.25) is 0 Å². The molecule has 0 amide bonds. The van der Waals surface area contributed by atoms with Crippen LogP contribution in [-0.2, 0) is 14.3 Å². The Hall–Kier alpha value is -0.610. The summed E-state index contributed by atoms with van der Waals surface area (Å²) in [4.78, 5) is 13.9. The van der Waals surface area contributed by atoms with Gasteiger partial charge in [0, 0.05) is 26.1 Å². The SMILES string of the molecule is CCCCCCCCCCCC(=O)OCCN1CCOCC1. The summed E-state index contributed by atoms with van der Waals surface area (Å²) >= 11 is 0. The number of rotatable bonds is 13. The molecule has 0 unspecified atom stereocenters. The molecule has 0 aliphatic carbocycles. The van der Waals surface area contributed by atoms with Crippen molar-refractivity contribution < 1.29 is 14.3 Å². The van der Waals surface area contributed by atoms with Crippen LogP contribution in [0.3, 0.4) is 0 Å². The molecule has 1 aliphatic rings. The van der Waals surface area contributed by atoms with Gasteiger partial charge in [-0.2, -0.15) is 0 Å². The second kappa shape index (κ2) is 14.0. The van der Waals surface area contributed by atoms with Gasteiger partial charge in [-0.25, -0.2) is 0 Å². The van der Waals surface area contributed by atoms with Crippen LogP contribution in [0, 0.1) is 0 Å². The van der Waals surface area contributed by atoms with Crippen molar-refractivity contribution in [2.75, 3.05) is 39.5 Å². The first-order valence-electron chi connectivity index (χ1n) is 9.28. The molecule has 0 bridgehead atoms. The van der Waals surface area contributed by atoms with E-state index < -0.39 is 0 Å². The van der Waals surface area contributed by atoms with Crippen molar-refractivity contribution in [3.05, 3.63) is 0 Å². The molecular formula is C18H35NO3. The van der Waals surface area contributed by atoms with Crippen molar-refractivity contribution >= 4 is 5.97 Å². The first kappa shape index (κ1) is 19.4. The van der Waals surface area contributed by atoms with Crippen LogP contribution >= 0.6 is 0 Å². The van der Waals surface area contributed by atoms with Gasteiger partial charge in [0.05, 0.1) is 13.2 Å². The normalized spacial score (nSPS) is 15.9. The van der Waals surface area contributed by atoms with E-state index in [1.165, 1.54) is 44.9 Å². The molecule has 130 valence electrons. The van der Waals surface area contributed by atoms with E-state index in [0.717, 1.165) is 45.7 Å². The Bertz CT molecular complexity index is 265. The smallest absolute Gasteiger partial charge is 0.305 e. The first-order chi connectivity index (χ1) is 10.8. The largest absolute Gasteiger partial charge is 0.464 e. The zero-order valence-corrected chi connectivity index (χ0v) is 14.5. The Kier molecular flexibility index (Phi) is 12.4. The fourth-order valence-corrected chi connectivity index (χ4v) is 2.77. The van der Waals surface area contributed by atoms with Crippen LogP contribution in [0.5, 0.6) is 0 Å². The standard InChI is InChI=1S/C18H35NO3/c1-2-3-4-5-6-7-8-9-10-11-18(20)22-17-14-19-12-15-21-16-13-19/h2-17H2,1H3. The van der Waals surface area contributed by atoms with Crippen molar-refractivity contribution in [3.63, 3.8) is 0 Å². The molecule has 0 atom stereocenters. The molecule has 0 aromatic carbocycles. The Labute approximate surface area is 136 Å². The van der Waals surface area contributed by atoms with Crippen molar-refractivity contribution in [3.8, 4) is 0 Å². The highest BCUT2D eigenvalue weighted by atomic mass is 16.5. The molecule has 1 saturated heterocycles. The number of hydrogen-bond acceptors (Lipinski definition) is 4. The third kappa shape index (κ3) is 11.0. The maximum absolute atomic E-state index is 11.6. The van der Waals surface area contributed by atoms with Gasteiger partial charge < -0.3 is 9.47 Å². The molecule has 0 aromatic heterocycles. The van der Waals surface area contributed by atoms with Gasteiger partial charge in [-0.1, -0.05) is 58.3 Å². The van der Waals surface area contributed by atoms with Crippen LogP contribution in [-0.4, -0.2) is 50.3 Å². The molecule has 22 heavy (non-hydrogen) atoms. The number of hydrogen-bond donors (Lipinski definition) is 0. The molecule has 4 heteroatoms. The number of nitrogens with zero attached hydrogens (tertiary/aromatic N) is 1. The lowest BCUT2D eigenvalue weighted by atomic mass is 10.1. The lowest BCUT2D eigenvalue weighted by molar-refractivity contribution is -0.144. The number of morpholine rings is 1. The minimum Gasteiger partial charge on any atom is -0.464 e. The quantitative estimate of drug-likeness (QED) is 0.383. The number of carbonyl (C=O) groups is 1. The third-order valence-electron chi connectivity index (χ3n) is 4.26. The average Bonchev–Trinajstić information content (AvgIpc) is 2.54. The highest BCUT2D eigenvalue weighted by Crippen LogP contribution is 2.10. The van der Waals surface area contributed by atoms with Crippen molar-refractivity contribution in [1.82, 2.24) is 4.90 Å². The minimum absolute atomic E-state index is 0.0313. The summed E-state index contributed by atoms with van der Waals surface area (Å²) in [6, 6.07) is 0. The Morgan fingerprint density at radius 1 is 0.955 bits per heavy atom. The zero-order chi connectivity index (χ0) is 15.9. The summed E-state index contributed by atoms with van der Waals surface area (Å²) in [5, 5.41) is 0. The third-order valence-corrected chi connectivity index (χ3v) is 4.26. The summed E-state index contributed by atoms with van der Waals surface area (Å²) < 4.78 is 10.6. The van der Waals surface area contributed by atoms with Crippen LogP contribution in [0.4, 0.5) is 0 Å². The highest BCUT2D eigenvalue weighted by Gasteiger charge is 2.10. The number of ether oxygens (including phenoxy) is 2. The summed E-state index contributed by atoms with van der Waals surface area (Å²) in [5.41, 5.74) is 0. The second-order valence-electron chi connectivity index (χ2n) is 6.25. The molecule has 0 saturated carbocycles. The molecule has 4 nitrogen and oxygen atoms in total. The molecule has 0 N–H and O–H groups in total. The summed E-state index contributed by atoms with van der Waals surface area (Å²) in [5.74, 6) is -0.0313. The molecule has 0 spiro atoms. The molecule has 1 aliphatic heterocycles. The topological polar surface area (TPSA) is 38.8 Å². The number of unbranched alkanes of at least 4 members (excludes halogenated alkanes) is 8. The summed E-state index contributed by atoms with van der Waals surface area (Å²) in [6.45, 7) is 7.12. The van der Waals surface area contributed by atoms with Gasteiger partial charge in [0.15, 0.2) is 0 Å². The maximum atomic E-state index is 11.6. The van der Waals surface area contributed by atoms with Gasteiger partial charge in [-0.3, -0.25) is 9.69 Å². The van der Waals surface area contributed by atoms with Crippen molar-refractivity contribution in [2.24, 2.45) is 0 Å². The second-order valence-corrected chi connectivity index (χ2v) is 6.25. The van der Waals surface area contributed by atoms with E-state index >= 15 is 0 Å². The molecular weight excluding hydrogens is 278 g/mol. The average molecular weight is 313 g/mol. The summed E-state index contributed by atoms with van der Waals surface area (Å²) in [7, 11) is 0. The van der Waals surface area contributed by atoms with Gasteiger partial charge in [-0.15, -0.1) is 0 Å². The predicted octanol–water partition coefficient (Wildman–Crippen LogP) is 3.78. The summed E-state index contributed by atoms with van der Waals surface area (Å²) in [6.07, 6.45) is 12.1. The molecule has 1 rings (SSSR count). The minimum atomic E-state index is -0.0313. The molecule has 0 radical (unpaired) electrons. The predicted molar refractivity (Wildman–Crippen MR) is 90.1 cm³/mol. The van der Waals surface area contributed by atoms with Gasteiger partial charge in [-0.05, 0) is 6.42 Å². The van der Waals surface area contributed by atoms with E-state index in [9.17, 15) is 4.79 Å². The van der Waals surface area contributed by atoms with Crippen LogP contribution < -0.4 is 0 Å². The fraction of sp³-hybridized carbons (Fsp3) is 0.944. The molecule has 1 heterocycles. The first-order valence-corrected chi connectivity index (χ1v) is 9.28. The van der Waals surface area contributed by atoms with E-state index in [0.29, 0.717) is 13.0 Å². The van der Waals surface area contributed by atoms with Crippen molar-refractivity contribution in [2.45, 2.75) is 71.1 Å². The van der Waals surface area contributed by atoms with Crippen LogP contribution in [0.1, 0.15) is 71.1 Å². The van der Waals surface area contributed by atoms with E-state index in [1.54, 1.807) is 0 Å². The van der Waals surface area contributed by atoms with E-state index in [-0.39, 0.29) is 5.97 Å². The van der Waals surface area contributed by atoms with Gasteiger partial charge in [0.1, 0.15) is 6.61 Å². The molecule has 1 fully saturated rings. The van der Waals surface area contributed by atoms with Crippen LogP contribution in [0.15, 0.2) is 0 Å². The van der Waals surface area contributed by atoms with Gasteiger partial charge in [0.25, 0.3) is 0 Å². The molecule has 0 aromatic rings. The lowest BCUT2D eigenvalue weighted by Crippen LogP contribution is -2.38. The lowest BCUT2D eigenvalue weighted by Gasteiger charge is -2.26. The maximum Gasteiger partial charge on any atom is 0.305 e. The highest BCUT2D eigenvalue weighted by molar-refractivity contribution is 5.69. The van der Waals surface area contributed by atoms with Crippen molar-refractivity contribution in [1.29, 1.82) is 0 Å². The van der Waals surface area contributed by atoms with E-state index in [1.807, 2.05) is 0 Å². The number of esters is 1.